The molecule has 0 aliphatic heterocycles. The maximum atomic E-state index is 12.3. The van der Waals surface area contributed by atoms with Crippen LogP contribution in [0.15, 0.2) is 0 Å². The maximum absolute atomic E-state index is 12.3. The van der Waals surface area contributed by atoms with Crippen molar-refractivity contribution < 1.29 is 28.5 Å². The molecule has 0 aromatic heterocycles. The predicted octanol–water partition coefficient (Wildman–Crippen LogP) is 3.30. The summed E-state index contributed by atoms with van der Waals surface area (Å²) in [4.78, 5) is 10.5. The summed E-state index contributed by atoms with van der Waals surface area (Å²) in [5.41, 5.74) is 0. The fourth-order valence-corrected chi connectivity index (χ4v) is 4.79. The summed E-state index contributed by atoms with van der Waals surface area (Å²) in [6.45, 7) is 1.75. The summed E-state index contributed by atoms with van der Waals surface area (Å²) < 4.78 is 24.7. The van der Waals surface area contributed by atoms with Gasteiger partial charge >= 0.3 is 5.97 Å². The number of aliphatic carboxylic acids is 1. The first kappa shape index (κ1) is 25.3. The fourth-order valence-electron chi connectivity index (χ4n) is 3.15. The van der Waals surface area contributed by atoms with Crippen LogP contribution >= 0.6 is 0 Å². The van der Waals surface area contributed by atoms with E-state index in [1.807, 2.05) is 0 Å². The minimum Gasteiger partial charge on any atom is -0.481 e. The molecule has 26 heavy (non-hydrogen) atoms. The van der Waals surface area contributed by atoms with E-state index in [1.165, 1.54) is 0 Å². The minimum absolute atomic E-state index is 0.155. The van der Waals surface area contributed by atoms with Gasteiger partial charge in [0.1, 0.15) is 0 Å². The van der Waals surface area contributed by atoms with Crippen molar-refractivity contribution in [1.82, 2.24) is 0 Å². The highest BCUT2D eigenvalue weighted by atomic mass is 32.2. The highest BCUT2D eigenvalue weighted by molar-refractivity contribution is 7.92. The van der Waals surface area contributed by atoms with Crippen molar-refractivity contribution >= 4 is 15.8 Å². The van der Waals surface area contributed by atoms with Crippen LogP contribution in [0, 0.1) is 0 Å². The molecule has 0 aliphatic carbocycles. The molecule has 6 nitrogen and oxygen atoms in total. The molecule has 0 heterocycles. The Morgan fingerprint density at radius 3 is 2.08 bits per heavy atom. The first-order valence-corrected chi connectivity index (χ1v) is 11.8. The molecule has 0 aliphatic rings. The molecule has 0 aromatic rings. The molecule has 0 rings (SSSR count). The third-order valence-electron chi connectivity index (χ3n) is 4.75. The van der Waals surface area contributed by atoms with Crippen LogP contribution in [0.2, 0.25) is 0 Å². The van der Waals surface area contributed by atoms with Crippen molar-refractivity contribution in [3.05, 3.63) is 0 Å². The molecule has 0 fully saturated rings. The van der Waals surface area contributed by atoms with Crippen molar-refractivity contribution in [3.8, 4) is 0 Å². The van der Waals surface area contributed by atoms with E-state index >= 15 is 0 Å². The Hall–Kier alpha value is -0.660. The zero-order chi connectivity index (χ0) is 19.8. The summed E-state index contributed by atoms with van der Waals surface area (Å²) in [7, 11) is -3.32. The second-order valence-electron chi connectivity index (χ2n) is 7.14. The van der Waals surface area contributed by atoms with Crippen LogP contribution in [0.3, 0.4) is 0 Å². The summed E-state index contributed by atoms with van der Waals surface area (Å²) in [5.74, 6) is -1.01. The Kier molecular flexibility index (Phi) is 15.0. The molecule has 0 spiro atoms. The Morgan fingerprint density at radius 1 is 0.885 bits per heavy atom. The van der Waals surface area contributed by atoms with Gasteiger partial charge in [-0.25, -0.2) is 8.42 Å². The van der Waals surface area contributed by atoms with Crippen LogP contribution < -0.4 is 0 Å². The van der Waals surface area contributed by atoms with Crippen LogP contribution in [-0.2, 0) is 14.6 Å². The van der Waals surface area contributed by atoms with Gasteiger partial charge in [-0.2, -0.15) is 0 Å². The molecular weight excluding hydrogens is 356 g/mol. The van der Waals surface area contributed by atoms with E-state index in [1.54, 1.807) is 0 Å². The summed E-state index contributed by atoms with van der Waals surface area (Å²) in [5, 5.41) is 27.1. The average molecular weight is 395 g/mol. The van der Waals surface area contributed by atoms with Crippen molar-refractivity contribution in [2.24, 2.45) is 0 Å². The third-order valence-corrected chi connectivity index (χ3v) is 6.99. The number of unbranched alkanes of at least 4 members (excludes halogenated alkanes) is 5. The van der Waals surface area contributed by atoms with E-state index in [-0.39, 0.29) is 24.9 Å². The topological polar surface area (TPSA) is 112 Å². The smallest absolute Gasteiger partial charge is 0.303 e. The highest BCUT2D eigenvalue weighted by Gasteiger charge is 2.24. The average Bonchev–Trinajstić information content (AvgIpc) is 2.56. The SMILES string of the molecule is CCCCC[C@H](O)CCC[C@H](CCCCCCC(=O)O)S(=O)(=O)CCO. The number of carbonyl (C=O) groups is 1. The van der Waals surface area contributed by atoms with Crippen LogP contribution in [0.1, 0.15) is 90.4 Å². The van der Waals surface area contributed by atoms with Crippen LogP contribution in [0.4, 0.5) is 0 Å². The van der Waals surface area contributed by atoms with E-state index in [0.29, 0.717) is 32.1 Å². The summed E-state index contributed by atoms with van der Waals surface area (Å²) in [6.07, 6.45) is 9.09. The molecule has 0 saturated heterocycles. The second kappa shape index (κ2) is 15.4. The molecular formula is C19H38O6S. The van der Waals surface area contributed by atoms with Gasteiger partial charge in [-0.3, -0.25) is 4.79 Å². The van der Waals surface area contributed by atoms with Gasteiger partial charge in [0.25, 0.3) is 0 Å². The van der Waals surface area contributed by atoms with Gasteiger partial charge < -0.3 is 15.3 Å². The Bertz CT molecular complexity index is 449. The molecule has 3 N–H and O–H groups in total. The number of sulfone groups is 1. The van der Waals surface area contributed by atoms with E-state index in [2.05, 4.69) is 6.92 Å². The lowest BCUT2D eigenvalue weighted by Gasteiger charge is -2.18. The monoisotopic (exact) mass is 394 g/mol. The van der Waals surface area contributed by atoms with Gasteiger partial charge in [0, 0.05) is 6.42 Å². The number of aliphatic hydroxyl groups is 2. The third kappa shape index (κ3) is 13.5. The van der Waals surface area contributed by atoms with Gasteiger partial charge in [-0.1, -0.05) is 45.4 Å². The number of aliphatic hydroxyl groups excluding tert-OH is 2. The molecule has 0 aromatic carbocycles. The summed E-state index contributed by atoms with van der Waals surface area (Å²) in [6, 6.07) is 0. The zero-order valence-corrected chi connectivity index (χ0v) is 17.1. The van der Waals surface area contributed by atoms with Crippen LogP contribution in [0.5, 0.6) is 0 Å². The standard InChI is InChI=1S/C19H38O6S/c1-2-3-6-10-17(21)11-9-13-18(26(24,25)16-15-20)12-7-4-5-8-14-19(22)23/h17-18,20-21H,2-16H2,1H3,(H,22,23)/t17-,18-/m0/s1. The number of carboxylic acid groups (broad SMARTS) is 1. The molecule has 0 radical (unpaired) electrons. The number of carboxylic acids is 1. The van der Waals surface area contributed by atoms with Gasteiger partial charge in [-0.15, -0.1) is 0 Å². The molecule has 156 valence electrons. The molecule has 2 atom stereocenters. The van der Waals surface area contributed by atoms with Gasteiger partial charge in [-0.05, 0) is 38.5 Å². The molecule has 0 bridgehead atoms. The quantitative estimate of drug-likeness (QED) is 0.308. The van der Waals surface area contributed by atoms with Crippen LogP contribution in [0.25, 0.3) is 0 Å². The predicted molar refractivity (Wildman–Crippen MR) is 104 cm³/mol. The van der Waals surface area contributed by atoms with E-state index in [0.717, 1.165) is 44.9 Å². The molecule has 0 amide bonds. The normalized spacial score (nSPS) is 14.3. The van der Waals surface area contributed by atoms with E-state index in [9.17, 15) is 18.3 Å². The van der Waals surface area contributed by atoms with Crippen molar-refractivity contribution in [1.29, 1.82) is 0 Å². The van der Waals surface area contributed by atoms with E-state index in [4.69, 9.17) is 10.2 Å². The lowest BCUT2D eigenvalue weighted by Crippen LogP contribution is -2.26. The Morgan fingerprint density at radius 2 is 1.46 bits per heavy atom. The number of rotatable bonds is 18. The molecule has 0 saturated carbocycles. The maximum Gasteiger partial charge on any atom is 0.303 e. The van der Waals surface area contributed by atoms with Crippen molar-refractivity contribution in [2.75, 3.05) is 12.4 Å². The first-order valence-electron chi connectivity index (χ1n) is 10.1. The lowest BCUT2D eigenvalue weighted by molar-refractivity contribution is -0.137. The van der Waals surface area contributed by atoms with Crippen molar-refractivity contribution in [2.45, 2.75) is 102 Å². The second-order valence-corrected chi connectivity index (χ2v) is 9.54. The van der Waals surface area contributed by atoms with Crippen LogP contribution in [-0.4, -0.2) is 53.4 Å². The fraction of sp³-hybridized carbons (Fsp3) is 0.947. The molecule has 7 heteroatoms. The Labute approximate surface area is 158 Å². The number of hydrogen-bond acceptors (Lipinski definition) is 5. The van der Waals surface area contributed by atoms with Gasteiger partial charge in [0.05, 0.1) is 23.7 Å². The van der Waals surface area contributed by atoms with Gasteiger partial charge in [0.15, 0.2) is 9.84 Å². The lowest BCUT2D eigenvalue weighted by atomic mass is 10.0. The largest absolute Gasteiger partial charge is 0.481 e. The summed E-state index contributed by atoms with van der Waals surface area (Å²) >= 11 is 0. The first-order chi connectivity index (χ1) is 12.3. The zero-order valence-electron chi connectivity index (χ0n) is 16.2. The molecule has 0 unspecified atom stereocenters. The Balaban J connectivity index is 4.25. The highest BCUT2D eigenvalue weighted by Crippen LogP contribution is 2.20. The minimum atomic E-state index is -3.32. The number of hydrogen-bond donors (Lipinski definition) is 3. The van der Waals surface area contributed by atoms with E-state index < -0.39 is 21.1 Å². The van der Waals surface area contributed by atoms with Gasteiger partial charge in [0.2, 0.25) is 0 Å². The van der Waals surface area contributed by atoms with Crippen molar-refractivity contribution in [3.63, 3.8) is 0 Å².